The van der Waals surface area contributed by atoms with E-state index in [4.69, 9.17) is 14.5 Å². The zero-order valence-corrected chi connectivity index (χ0v) is 15.5. The van der Waals surface area contributed by atoms with Gasteiger partial charge in [-0.3, -0.25) is 5.10 Å². The van der Waals surface area contributed by atoms with Crippen LogP contribution in [0.4, 0.5) is 5.82 Å². The van der Waals surface area contributed by atoms with Gasteiger partial charge in [0, 0.05) is 17.6 Å². The zero-order valence-electron chi connectivity index (χ0n) is 14.7. The predicted molar refractivity (Wildman–Crippen MR) is 104 cm³/mol. The number of aromatic nitrogens is 4. The van der Waals surface area contributed by atoms with Crippen molar-refractivity contribution >= 4 is 27.4 Å². The molecule has 0 unspecified atom stereocenters. The third-order valence-corrected chi connectivity index (χ3v) is 5.27. The van der Waals surface area contributed by atoms with E-state index in [-0.39, 0.29) is 0 Å². The van der Waals surface area contributed by atoms with Gasteiger partial charge in [0.15, 0.2) is 17.3 Å². The van der Waals surface area contributed by atoms with E-state index >= 15 is 0 Å². The second-order valence-electron chi connectivity index (χ2n) is 6.27. The second kappa shape index (κ2) is 6.55. The molecule has 1 aliphatic rings. The van der Waals surface area contributed by atoms with Gasteiger partial charge in [0.05, 0.1) is 5.39 Å². The fourth-order valence-electron chi connectivity index (χ4n) is 3.06. The number of H-pyrrole nitrogens is 1. The van der Waals surface area contributed by atoms with Crippen LogP contribution >= 0.6 is 11.3 Å². The lowest BCUT2D eigenvalue weighted by molar-refractivity contribution is 0.171. The van der Waals surface area contributed by atoms with E-state index < -0.39 is 0 Å². The van der Waals surface area contributed by atoms with Crippen molar-refractivity contribution in [1.82, 2.24) is 20.2 Å². The van der Waals surface area contributed by atoms with E-state index in [0.29, 0.717) is 25.6 Å². The third kappa shape index (κ3) is 3.08. The highest BCUT2D eigenvalue weighted by atomic mass is 32.1. The smallest absolute Gasteiger partial charge is 0.180 e. The van der Waals surface area contributed by atoms with Crippen LogP contribution in [-0.2, 0) is 6.54 Å². The Labute approximate surface area is 159 Å². The molecule has 7 nitrogen and oxygen atoms in total. The minimum absolute atomic E-state index is 0.581. The zero-order chi connectivity index (χ0) is 18.2. The number of aryl methyl sites for hydroxylation is 1. The molecule has 0 atom stereocenters. The Hall–Kier alpha value is -3.13. The molecule has 0 bridgehead atoms. The number of nitrogens with one attached hydrogen (secondary N) is 2. The summed E-state index contributed by atoms with van der Waals surface area (Å²) >= 11 is 1.66. The van der Waals surface area contributed by atoms with Gasteiger partial charge in [-0.25, -0.2) is 9.97 Å². The summed E-state index contributed by atoms with van der Waals surface area (Å²) in [7, 11) is 0. The van der Waals surface area contributed by atoms with Crippen LogP contribution in [-0.4, -0.2) is 33.4 Å². The van der Waals surface area contributed by atoms with Gasteiger partial charge < -0.3 is 14.8 Å². The molecule has 0 saturated heterocycles. The van der Waals surface area contributed by atoms with E-state index in [1.165, 1.54) is 4.88 Å². The maximum absolute atomic E-state index is 5.67. The highest BCUT2D eigenvalue weighted by molar-refractivity contribution is 7.18. The number of hydrogen-bond acceptors (Lipinski definition) is 7. The Morgan fingerprint density at radius 3 is 2.85 bits per heavy atom. The molecule has 0 aliphatic carbocycles. The molecular formula is C19H17N5O2S. The number of hydrogen-bond donors (Lipinski definition) is 2. The van der Waals surface area contributed by atoms with Gasteiger partial charge in [0.25, 0.3) is 0 Å². The first kappa shape index (κ1) is 16.1. The molecule has 4 heterocycles. The molecule has 4 aromatic rings. The maximum Gasteiger partial charge on any atom is 0.180 e. The highest BCUT2D eigenvalue weighted by Crippen LogP contribution is 2.33. The largest absolute Gasteiger partial charge is 0.486 e. The van der Waals surface area contributed by atoms with Crippen LogP contribution in [0.25, 0.3) is 21.7 Å². The van der Waals surface area contributed by atoms with Gasteiger partial charge in [-0.15, -0.1) is 11.3 Å². The summed E-state index contributed by atoms with van der Waals surface area (Å²) in [5.41, 5.74) is 1.89. The first-order valence-corrected chi connectivity index (χ1v) is 9.48. The van der Waals surface area contributed by atoms with E-state index in [1.807, 2.05) is 24.3 Å². The van der Waals surface area contributed by atoms with Gasteiger partial charge in [-0.1, -0.05) is 6.07 Å². The lowest BCUT2D eigenvalue weighted by atomic mass is 10.2. The number of aromatic amines is 1. The number of fused-ring (bicyclic) bond motifs is 2. The number of rotatable bonds is 4. The molecule has 5 rings (SSSR count). The summed E-state index contributed by atoms with van der Waals surface area (Å²) in [6.07, 6.45) is 1.70. The van der Waals surface area contributed by atoms with Crippen molar-refractivity contribution in [3.05, 3.63) is 47.0 Å². The summed E-state index contributed by atoms with van der Waals surface area (Å²) in [6.45, 7) is 3.88. The Balaban J connectivity index is 1.47. The molecule has 0 saturated carbocycles. The summed E-state index contributed by atoms with van der Waals surface area (Å²) < 4.78 is 11.3. The monoisotopic (exact) mass is 379 g/mol. The van der Waals surface area contributed by atoms with Crippen molar-refractivity contribution in [2.24, 2.45) is 0 Å². The molecule has 0 radical (unpaired) electrons. The van der Waals surface area contributed by atoms with Crippen molar-refractivity contribution in [1.29, 1.82) is 0 Å². The van der Waals surface area contributed by atoms with Crippen LogP contribution in [0, 0.1) is 6.92 Å². The molecule has 0 spiro atoms. The quantitative estimate of drug-likeness (QED) is 0.561. The molecular weight excluding hydrogens is 362 g/mol. The topological polar surface area (TPSA) is 85.0 Å². The van der Waals surface area contributed by atoms with Gasteiger partial charge in [-0.2, -0.15) is 5.10 Å². The van der Waals surface area contributed by atoms with Crippen molar-refractivity contribution in [3.8, 4) is 23.0 Å². The number of anilines is 1. The van der Waals surface area contributed by atoms with Crippen molar-refractivity contribution < 1.29 is 9.47 Å². The van der Waals surface area contributed by atoms with Crippen LogP contribution in [0.1, 0.15) is 10.4 Å². The van der Waals surface area contributed by atoms with Gasteiger partial charge in [-0.05, 0) is 36.8 Å². The number of ether oxygens (including phenoxy) is 2. The molecule has 2 N–H and O–H groups in total. The SMILES string of the molecule is Cc1cc2c(NCc3ccc4c(c3)OCCO4)nc(-c3ccn[nH]3)nc2s1. The second-order valence-corrected chi connectivity index (χ2v) is 7.51. The van der Waals surface area contributed by atoms with Crippen molar-refractivity contribution in [2.45, 2.75) is 13.5 Å². The Kier molecular flexibility index (Phi) is 3.90. The predicted octanol–water partition coefficient (Wildman–Crippen LogP) is 3.77. The highest BCUT2D eigenvalue weighted by Gasteiger charge is 2.14. The summed E-state index contributed by atoms with van der Waals surface area (Å²) in [5, 5.41) is 11.4. The molecule has 1 aromatic carbocycles. The number of benzene rings is 1. The van der Waals surface area contributed by atoms with Crippen molar-refractivity contribution in [3.63, 3.8) is 0 Å². The van der Waals surface area contributed by atoms with Crippen LogP contribution < -0.4 is 14.8 Å². The molecule has 0 fully saturated rings. The molecule has 3 aromatic heterocycles. The first-order chi connectivity index (χ1) is 13.3. The molecule has 0 amide bonds. The fourth-order valence-corrected chi connectivity index (χ4v) is 3.94. The standard InChI is InChI=1S/C19H17N5O2S/c1-11-8-13-17(22-18(23-19(13)27-11)14-4-5-21-24-14)20-10-12-2-3-15-16(9-12)26-7-6-25-15/h2-5,8-9H,6-7,10H2,1H3,(H,21,24)(H,20,22,23). The first-order valence-electron chi connectivity index (χ1n) is 8.66. The molecule has 27 heavy (non-hydrogen) atoms. The van der Waals surface area contributed by atoms with Gasteiger partial charge in [0.2, 0.25) is 0 Å². The number of thiophene rings is 1. The Morgan fingerprint density at radius 1 is 1.11 bits per heavy atom. The van der Waals surface area contributed by atoms with Crippen LogP contribution in [0.2, 0.25) is 0 Å². The average Bonchev–Trinajstić information content (AvgIpc) is 3.34. The van der Waals surface area contributed by atoms with E-state index in [1.54, 1.807) is 17.5 Å². The third-order valence-electron chi connectivity index (χ3n) is 4.32. The van der Waals surface area contributed by atoms with E-state index in [2.05, 4.69) is 33.5 Å². The number of nitrogens with zero attached hydrogens (tertiary/aromatic N) is 3. The van der Waals surface area contributed by atoms with E-state index in [0.717, 1.165) is 38.8 Å². The fraction of sp³-hybridized carbons (Fsp3) is 0.211. The Morgan fingerprint density at radius 2 is 2.00 bits per heavy atom. The van der Waals surface area contributed by atoms with Gasteiger partial charge in [0.1, 0.15) is 29.6 Å². The lowest BCUT2D eigenvalue weighted by Gasteiger charge is -2.19. The summed E-state index contributed by atoms with van der Waals surface area (Å²) in [5.74, 6) is 3.03. The minimum atomic E-state index is 0.581. The van der Waals surface area contributed by atoms with Crippen molar-refractivity contribution in [2.75, 3.05) is 18.5 Å². The molecule has 8 heteroatoms. The normalized spacial score (nSPS) is 13.1. The maximum atomic E-state index is 5.67. The minimum Gasteiger partial charge on any atom is -0.486 e. The van der Waals surface area contributed by atoms with Crippen LogP contribution in [0.5, 0.6) is 11.5 Å². The summed E-state index contributed by atoms with van der Waals surface area (Å²) in [4.78, 5) is 11.5. The van der Waals surface area contributed by atoms with Crippen LogP contribution in [0.3, 0.4) is 0 Å². The average molecular weight is 379 g/mol. The van der Waals surface area contributed by atoms with Crippen LogP contribution in [0.15, 0.2) is 36.5 Å². The lowest BCUT2D eigenvalue weighted by Crippen LogP contribution is -2.15. The summed E-state index contributed by atoms with van der Waals surface area (Å²) in [6, 6.07) is 9.98. The molecule has 1 aliphatic heterocycles. The Bertz CT molecular complexity index is 1110. The van der Waals surface area contributed by atoms with E-state index in [9.17, 15) is 0 Å². The van der Waals surface area contributed by atoms with Gasteiger partial charge >= 0.3 is 0 Å². The molecule has 136 valence electrons.